The number of nitrogens with one attached hydrogen (secondary N) is 2. The Morgan fingerprint density at radius 2 is 2.03 bits per heavy atom. The van der Waals surface area contributed by atoms with Crippen LogP contribution in [0, 0.1) is 32.8 Å². The summed E-state index contributed by atoms with van der Waals surface area (Å²) in [5.41, 5.74) is 1.98. The molecular weight excluding hydrogens is 484 g/mol. The number of hydrogen-bond acceptors (Lipinski definition) is 7. The molecule has 0 saturated carbocycles. The first kappa shape index (κ1) is 24.6. The largest absolute Gasteiger partial charge is 0.451 e. The molecule has 0 fully saturated rings. The van der Waals surface area contributed by atoms with Crippen LogP contribution in [0.1, 0.15) is 53.8 Å². The Labute approximate surface area is 212 Å². The molecular formula is C25H24N4O4S2. The van der Waals surface area contributed by atoms with Crippen LogP contribution in [-0.2, 0) is 12.8 Å². The smallest absolute Gasteiger partial charge is 0.293 e. The molecule has 0 unspecified atom stereocenters. The molecule has 180 valence electrons. The van der Waals surface area contributed by atoms with E-state index in [1.165, 1.54) is 34.4 Å². The number of para-hydroxylation sites is 1. The SMILES string of the molecule is CC(C)(C)[C@H]1CCc2c(sc(NC(=S)NC(=O)c3ccc(-c4ccccc4[N+](=O)[O-])o3)c2C#N)C1. The predicted molar refractivity (Wildman–Crippen MR) is 138 cm³/mol. The Morgan fingerprint density at radius 3 is 2.71 bits per heavy atom. The molecule has 1 atom stereocenters. The van der Waals surface area contributed by atoms with Gasteiger partial charge in [0.15, 0.2) is 10.9 Å². The lowest BCUT2D eigenvalue weighted by atomic mass is 9.72. The number of hydrogen-bond donors (Lipinski definition) is 2. The van der Waals surface area contributed by atoms with E-state index in [0.717, 1.165) is 24.8 Å². The normalized spacial score (nSPS) is 15.1. The second-order valence-electron chi connectivity index (χ2n) is 9.47. The summed E-state index contributed by atoms with van der Waals surface area (Å²) in [6, 6.07) is 11.4. The van der Waals surface area contributed by atoms with Gasteiger partial charge in [0.05, 0.1) is 16.1 Å². The highest BCUT2D eigenvalue weighted by atomic mass is 32.1. The third kappa shape index (κ3) is 5.11. The van der Waals surface area contributed by atoms with Gasteiger partial charge in [0.2, 0.25) is 0 Å². The average Bonchev–Trinajstić information content (AvgIpc) is 3.42. The van der Waals surface area contributed by atoms with Crippen molar-refractivity contribution in [2.45, 2.75) is 40.0 Å². The molecule has 2 N–H and O–H groups in total. The molecule has 2 aromatic heterocycles. The van der Waals surface area contributed by atoms with Gasteiger partial charge in [0, 0.05) is 10.9 Å². The third-order valence-electron chi connectivity index (χ3n) is 6.25. The molecule has 1 aliphatic carbocycles. The third-order valence-corrected chi connectivity index (χ3v) is 7.63. The average molecular weight is 509 g/mol. The highest BCUT2D eigenvalue weighted by molar-refractivity contribution is 7.80. The minimum absolute atomic E-state index is 0.0405. The van der Waals surface area contributed by atoms with Crippen LogP contribution in [0.4, 0.5) is 10.7 Å². The maximum atomic E-state index is 12.7. The van der Waals surface area contributed by atoms with Gasteiger partial charge in [-0.3, -0.25) is 20.2 Å². The van der Waals surface area contributed by atoms with E-state index in [9.17, 15) is 20.2 Å². The first-order chi connectivity index (χ1) is 16.6. The molecule has 0 spiro atoms. The minimum Gasteiger partial charge on any atom is -0.451 e. The lowest BCUT2D eigenvalue weighted by Gasteiger charge is -2.33. The molecule has 1 amide bonds. The monoisotopic (exact) mass is 508 g/mol. The molecule has 3 aromatic rings. The summed E-state index contributed by atoms with van der Waals surface area (Å²) >= 11 is 6.82. The van der Waals surface area contributed by atoms with Gasteiger partial charge in [-0.15, -0.1) is 11.3 Å². The summed E-state index contributed by atoms with van der Waals surface area (Å²) in [6.45, 7) is 6.71. The molecule has 8 nitrogen and oxygen atoms in total. The topological polar surface area (TPSA) is 121 Å². The van der Waals surface area contributed by atoms with Crippen LogP contribution in [-0.4, -0.2) is 15.9 Å². The Hall–Kier alpha value is -3.55. The first-order valence-corrected chi connectivity index (χ1v) is 12.3. The predicted octanol–water partition coefficient (Wildman–Crippen LogP) is 6.07. The van der Waals surface area contributed by atoms with Crippen LogP contribution in [0.5, 0.6) is 0 Å². The Morgan fingerprint density at radius 1 is 1.29 bits per heavy atom. The zero-order chi connectivity index (χ0) is 25.3. The fourth-order valence-corrected chi connectivity index (χ4v) is 5.82. The van der Waals surface area contributed by atoms with Crippen molar-refractivity contribution in [2.75, 3.05) is 5.32 Å². The zero-order valence-electron chi connectivity index (χ0n) is 19.5. The van der Waals surface area contributed by atoms with Crippen LogP contribution in [0.3, 0.4) is 0 Å². The summed E-state index contributed by atoms with van der Waals surface area (Å²) in [5.74, 6) is 0.0990. The Bertz CT molecular complexity index is 1360. The van der Waals surface area contributed by atoms with E-state index in [4.69, 9.17) is 16.6 Å². The molecule has 0 saturated heterocycles. The van der Waals surface area contributed by atoms with E-state index in [1.807, 2.05) is 0 Å². The van der Waals surface area contributed by atoms with Gasteiger partial charge in [0.25, 0.3) is 11.6 Å². The fourth-order valence-electron chi connectivity index (χ4n) is 4.28. The van der Waals surface area contributed by atoms with Crippen molar-refractivity contribution in [2.24, 2.45) is 11.3 Å². The van der Waals surface area contributed by atoms with Gasteiger partial charge in [0.1, 0.15) is 16.8 Å². The van der Waals surface area contributed by atoms with Gasteiger partial charge in [-0.1, -0.05) is 32.9 Å². The van der Waals surface area contributed by atoms with Gasteiger partial charge in [-0.2, -0.15) is 5.26 Å². The number of thiophene rings is 1. The van der Waals surface area contributed by atoms with Crippen molar-refractivity contribution >= 4 is 45.3 Å². The number of thiocarbonyl (C=S) groups is 1. The number of fused-ring (bicyclic) bond motifs is 1. The van der Waals surface area contributed by atoms with E-state index >= 15 is 0 Å². The number of amides is 1. The molecule has 35 heavy (non-hydrogen) atoms. The number of carbonyl (C=O) groups is 1. The Kier molecular flexibility index (Phi) is 6.74. The van der Waals surface area contributed by atoms with Crippen molar-refractivity contribution < 1.29 is 14.1 Å². The van der Waals surface area contributed by atoms with Crippen LogP contribution in [0.2, 0.25) is 0 Å². The van der Waals surface area contributed by atoms with Crippen molar-refractivity contribution in [3.05, 3.63) is 68.3 Å². The molecule has 1 aromatic carbocycles. The standard InChI is InChI=1S/C25H24N4O4S2/c1-25(2,3)14-8-9-15-17(13-26)23(35-21(15)12-14)28-24(34)27-22(30)20-11-10-19(33-20)16-6-4-5-7-18(16)29(31)32/h4-7,10-11,14H,8-9,12H2,1-3H3,(H2,27,28,30,34)/t14-/m0/s1. The number of benzene rings is 1. The number of nitriles is 1. The Balaban J connectivity index is 1.47. The van der Waals surface area contributed by atoms with Gasteiger partial charge < -0.3 is 9.73 Å². The van der Waals surface area contributed by atoms with Crippen molar-refractivity contribution in [3.8, 4) is 17.4 Å². The molecule has 1 aliphatic rings. The van der Waals surface area contributed by atoms with Gasteiger partial charge >= 0.3 is 0 Å². The molecule has 0 aliphatic heterocycles. The zero-order valence-corrected chi connectivity index (χ0v) is 21.1. The number of nitrogens with zero attached hydrogens (tertiary/aromatic N) is 2. The molecule has 0 bridgehead atoms. The highest BCUT2D eigenvalue weighted by Crippen LogP contribution is 2.44. The second-order valence-corrected chi connectivity index (χ2v) is 11.0. The highest BCUT2D eigenvalue weighted by Gasteiger charge is 2.32. The van der Waals surface area contributed by atoms with E-state index in [2.05, 4.69) is 37.5 Å². The van der Waals surface area contributed by atoms with E-state index in [-0.39, 0.29) is 33.3 Å². The molecule has 10 heteroatoms. The fraction of sp³-hybridized carbons (Fsp3) is 0.320. The van der Waals surface area contributed by atoms with Crippen molar-refractivity contribution in [1.82, 2.24) is 5.32 Å². The number of rotatable bonds is 4. The second kappa shape index (κ2) is 9.60. The number of nitro benzene ring substituents is 1. The van der Waals surface area contributed by atoms with Crippen LogP contribution >= 0.6 is 23.6 Å². The van der Waals surface area contributed by atoms with Crippen LogP contribution in [0.15, 0.2) is 40.8 Å². The molecule has 2 heterocycles. The number of nitro groups is 1. The quantitative estimate of drug-likeness (QED) is 0.249. The maximum absolute atomic E-state index is 12.7. The lowest BCUT2D eigenvalue weighted by molar-refractivity contribution is -0.384. The van der Waals surface area contributed by atoms with Crippen LogP contribution in [0.25, 0.3) is 11.3 Å². The summed E-state index contributed by atoms with van der Waals surface area (Å²) in [4.78, 5) is 24.6. The van der Waals surface area contributed by atoms with Crippen molar-refractivity contribution in [1.29, 1.82) is 5.26 Å². The first-order valence-electron chi connectivity index (χ1n) is 11.1. The van der Waals surface area contributed by atoms with Gasteiger partial charge in [-0.05, 0) is 66.6 Å². The minimum atomic E-state index is -0.597. The lowest BCUT2D eigenvalue weighted by Crippen LogP contribution is -2.33. The maximum Gasteiger partial charge on any atom is 0.293 e. The van der Waals surface area contributed by atoms with E-state index in [0.29, 0.717) is 16.5 Å². The molecule has 0 radical (unpaired) electrons. The number of furan rings is 1. The van der Waals surface area contributed by atoms with E-state index in [1.54, 1.807) is 18.2 Å². The number of carbonyl (C=O) groups excluding carboxylic acids is 1. The van der Waals surface area contributed by atoms with E-state index < -0.39 is 10.8 Å². The molecule has 4 rings (SSSR count). The van der Waals surface area contributed by atoms with Crippen LogP contribution < -0.4 is 10.6 Å². The summed E-state index contributed by atoms with van der Waals surface area (Å²) < 4.78 is 5.57. The van der Waals surface area contributed by atoms with Crippen molar-refractivity contribution in [3.63, 3.8) is 0 Å². The number of anilines is 1. The summed E-state index contributed by atoms with van der Waals surface area (Å²) in [7, 11) is 0. The summed E-state index contributed by atoms with van der Waals surface area (Å²) in [5, 5.41) is 27.3. The van der Waals surface area contributed by atoms with Gasteiger partial charge in [-0.25, -0.2) is 0 Å². The summed E-state index contributed by atoms with van der Waals surface area (Å²) in [6.07, 6.45) is 2.79.